The van der Waals surface area contributed by atoms with E-state index in [1.807, 2.05) is 6.20 Å². The zero-order valence-corrected chi connectivity index (χ0v) is 17.7. The third kappa shape index (κ3) is 1.70. The molecule has 0 unspecified atom stereocenters. The van der Waals surface area contributed by atoms with Gasteiger partial charge in [0.15, 0.2) is 0 Å². The van der Waals surface area contributed by atoms with Crippen LogP contribution in [-0.2, 0) is 0 Å². The highest BCUT2D eigenvalue weighted by Gasteiger charge is 2.41. The molecule has 5 heterocycles. The minimum absolute atomic E-state index is 0.121. The van der Waals surface area contributed by atoms with Crippen molar-refractivity contribution in [1.82, 2.24) is 14.0 Å². The van der Waals surface area contributed by atoms with Crippen LogP contribution in [-0.4, -0.2) is 20.9 Å². The predicted octanol–water partition coefficient (Wildman–Crippen LogP) is 5.23. The van der Waals surface area contributed by atoms with Crippen LogP contribution in [0, 0.1) is 0 Å². The van der Waals surface area contributed by atoms with Gasteiger partial charge in [0.05, 0.1) is 16.6 Å². The van der Waals surface area contributed by atoms with Gasteiger partial charge in [0.25, 0.3) is 0 Å². The van der Waals surface area contributed by atoms with Crippen LogP contribution in [0.4, 0.5) is 0 Å². The molecule has 0 spiro atoms. The Hall–Kier alpha value is -4.31. The maximum atomic E-state index is 4.87. The first kappa shape index (κ1) is 16.3. The molecule has 3 nitrogen and oxygen atoms in total. The molecule has 0 radical (unpaired) electrons. The molecule has 0 saturated carbocycles. The summed E-state index contributed by atoms with van der Waals surface area (Å²) in [5.74, 6) is 0. The third-order valence-electron chi connectivity index (χ3n) is 7.75. The number of nitrogens with zero attached hydrogens (tertiary/aromatic N) is 3. The van der Waals surface area contributed by atoms with Crippen LogP contribution < -0.4 is 10.9 Å². The van der Waals surface area contributed by atoms with E-state index in [0.717, 1.165) is 5.52 Å². The molecule has 0 aliphatic carbocycles. The summed E-state index contributed by atoms with van der Waals surface area (Å²) in [6, 6.07) is 33.3. The van der Waals surface area contributed by atoms with Gasteiger partial charge in [0.2, 0.25) is 0 Å². The molecule has 150 valence electrons. The fourth-order valence-corrected chi connectivity index (χ4v) is 6.59. The van der Waals surface area contributed by atoms with Crippen LogP contribution in [0.25, 0.3) is 60.6 Å². The zero-order chi connectivity index (χ0) is 21.3. The van der Waals surface area contributed by atoms with Gasteiger partial charge in [0.1, 0.15) is 0 Å². The van der Waals surface area contributed by atoms with Gasteiger partial charge in [-0.05, 0) is 40.8 Å². The Bertz CT molecular complexity index is 1990. The highest BCUT2D eigenvalue weighted by molar-refractivity contribution is 6.90. The average molecular weight is 417 g/mol. The number of para-hydroxylation sites is 3. The number of fused-ring (bicyclic) bond motifs is 10. The van der Waals surface area contributed by atoms with E-state index in [1.165, 1.54) is 66.0 Å². The maximum Gasteiger partial charge on any atom is 0.333 e. The predicted molar refractivity (Wildman–Crippen MR) is 137 cm³/mol. The Balaban J connectivity index is 1.60. The number of hydrogen-bond acceptors (Lipinski definition) is 1. The molecule has 33 heavy (non-hydrogen) atoms. The first-order valence-electron chi connectivity index (χ1n) is 11.5. The van der Waals surface area contributed by atoms with E-state index in [-0.39, 0.29) is 6.85 Å². The van der Waals surface area contributed by atoms with E-state index < -0.39 is 0 Å². The molecule has 0 N–H and O–H groups in total. The van der Waals surface area contributed by atoms with E-state index >= 15 is 0 Å². The van der Waals surface area contributed by atoms with Gasteiger partial charge in [-0.25, -0.2) is 0 Å². The summed E-state index contributed by atoms with van der Waals surface area (Å²) < 4.78 is 5.03. The lowest BCUT2D eigenvalue weighted by Gasteiger charge is -2.33. The summed E-state index contributed by atoms with van der Waals surface area (Å²) in [6.45, 7) is 0.121. The zero-order valence-electron chi connectivity index (χ0n) is 17.7. The second kappa shape index (κ2) is 5.36. The maximum absolute atomic E-state index is 4.87. The summed E-state index contributed by atoms with van der Waals surface area (Å²) in [4.78, 5) is 4.87. The number of benzene rings is 4. The molecular weight excluding hydrogens is 401 g/mol. The second-order valence-electron chi connectivity index (χ2n) is 9.18. The first-order valence-corrected chi connectivity index (χ1v) is 11.5. The van der Waals surface area contributed by atoms with Crippen molar-refractivity contribution in [3.05, 3.63) is 97.2 Å². The molecule has 0 fully saturated rings. The van der Waals surface area contributed by atoms with Gasteiger partial charge in [-0.3, -0.25) is 4.98 Å². The van der Waals surface area contributed by atoms with Crippen molar-refractivity contribution in [2.75, 3.05) is 0 Å². The molecular formula is C29H16BN3. The number of hydrogen-bond donors (Lipinski definition) is 0. The summed E-state index contributed by atoms with van der Waals surface area (Å²) in [5.41, 5.74) is 12.8. The molecule has 7 aromatic rings. The van der Waals surface area contributed by atoms with Gasteiger partial charge in [-0.15, -0.1) is 0 Å². The normalized spacial score (nSPS) is 13.4. The van der Waals surface area contributed by atoms with Gasteiger partial charge in [-0.2, -0.15) is 0 Å². The molecule has 0 saturated heterocycles. The van der Waals surface area contributed by atoms with Crippen LogP contribution in [0.15, 0.2) is 97.2 Å². The van der Waals surface area contributed by atoms with Crippen LogP contribution in [0.5, 0.6) is 0 Å². The van der Waals surface area contributed by atoms with Crippen molar-refractivity contribution in [3.63, 3.8) is 0 Å². The Morgan fingerprint density at radius 1 is 0.606 bits per heavy atom. The lowest BCUT2D eigenvalue weighted by Crippen LogP contribution is -2.55. The molecule has 0 atom stereocenters. The largest absolute Gasteiger partial charge is 0.375 e. The molecule has 0 bridgehead atoms. The highest BCUT2D eigenvalue weighted by Crippen LogP contribution is 2.42. The molecule has 4 heteroatoms. The highest BCUT2D eigenvalue weighted by atomic mass is 15.0. The molecule has 2 aliphatic rings. The summed E-state index contributed by atoms with van der Waals surface area (Å²) in [6.07, 6.45) is 1.99. The Morgan fingerprint density at radius 2 is 1.36 bits per heavy atom. The first-order chi connectivity index (χ1) is 16.4. The monoisotopic (exact) mass is 417 g/mol. The van der Waals surface area contributed by atoms with E-state index in [1.54, 1.807) is 0 Å². The topological polar surface area (TPSA) is 22.8 Å². The van der Waals surface area contributed by atoms with Gasteiger partial charge >= 0.3 is 6.85 Å². The molecule has 0 amide bonds. The van der Waals surface area contributed by atoms with E-state index in [9.17, 15) is 0 Å². The SMILES string of the molecule is c1cc2c3c(c1)-n1c4ccccc4c4nccc(c41)B3n1c3ccccc3c3cccc-2c31. The summed E-state index contributed by atoms with van der Waals surface area (Å²) in [5, 5.41) is 3.86. The van der Waals surface area contributed by atoms with Crippen LogP contribution in [0.1, 0.15) is 0 Å². The van der Waals surface area contributed by atoms with Crippen molar-refractivity contribution in [2.24, 2.45) is 0 Å². The van der Waals surface area contributed by atoms with E-state index in [0.29, 0.717) is 0 Å². The van der Waals surface area contributed by atoms with E-state index in [4.69, 9.17) is 4.98 Å². The Kier molecular flexibility index (Phi) is 2.65. The van der Waals surface area contributed by atoms with Gasteiger partial charge in [0, 0.05) is 44.6 Å². The minimum atomic E-state index is 0.121. The standard InChI is InChI=1S/C29H16BN3/c1-4-13-24-17(7-1)19-10-5-11-20-18-9-6-14-25-26(18)30(33(24)28(19)20)22-15-16-31-27-21-8-2-3-12-23(21)32(25)29(22)27/h1-16H. The Labute approximate surface area is 189 Å². The molecule has 4 aromatic carbocycles. The van der Waals surface area contributed by atoms with Crippen LogP contribution >= 0.6 is 0 Å². The minimum Gasteiger partial charge on any atom is -0.375 e. The third-order valence-corrected chi connectivity index (χ3v) is 7.75. The fourth-order valence-electron chi connectivity index (χ4n) is 6.59. The number of aromatic nitrogens is 3. The van der Waals surface area contributed by atoms with Gasteiger partial charge < -0.3 is 9.05 Å². The Morgan fingerprint density at radius 3 is 2.30 bits per heavy atom. The quantitative estimate of drug-likeness (QED) is 0.310. The lowest BCUT2D eigenvalue weighted by atomic mass is 9.46. The van der Waals surface area contributed by atoms with Gasteiger partial charge in [-0.1, -0.05) is 66.7 Å². The second-order valence-corrected chi connectivity index (χ2v) is 9.18. The van der Waals surface area contributed by atoms with Crippen molar-refractivity contribution < 1.29 is 0 Å². The lowest BCUT2D eigenvalue weighted by molar-refractivity contribution is 1.17. The fraction of sp³-hybridized carbons (Fsp3) is 0. The molecule has 3 aromatic heterocycles. The smallest absolute Gasteiger partial charge is 0.333 e. The summed E-state index contributed by atoms with van der Waals surface area (Å²) >= 11 is 0. The number of pyridine rings is 1. The van der Waals surface area contributed by atoms with Crippen molar-refractivity contribution in [1.29, 1.82) is 0 Å². The van der Waals surface area contributed by atoms with Crippen molar-refractivity contribution in [2.45, 2.75) is 0 Å². The van der Waals surface area contributed by atoms with Crippen molar-refractivity contribution >= 4 is 61.5 Å². The molecule has 9 rings (SSSR count). The number of rotatable bonds is 0. The van der Waals surface area contributed by atoms with E-state index in [2.05, 4.69) is 100 Å². The average Bonchev–Trinajstić information content (AvgIpc) is 3.39. The van der Waals surface area contributed by atoms with Crippen LogP contribution in [0.2, 0.25) is 0 Å². The van der Waals surface area contributed by atoms with Crippen molar-refractivity contribution in [3.8, 4) is 16.8 Å². The molecule has 2 aliphatic heterocycles. The summed E-state index contributed by atoms with van der Waals surface area (Å²) in [7, 11) is 0. The van der Waals surface area contributed by atoms with Crippen LogP contribution in [0.3, 0.4) is 0 Å².